The Morgan fingerprint density at radius 3 is 2.88 bits per heavy atom. The predicted molar refractivity (Wildman–Crippen MR) is 59.5 cm³/mol. The summed E-state index contributed by atoms with van der Waals surface area (Å²) in [6, 6.07) is 7.40. The van der Waals surface area contributed by atoms with Crippen LogP contribution in [0.5, 0.6) is 0 Å². The van der Waals surface area contributed by atoms with E-state index >= 15 is 0 Å². The number of ether oxygens (including phenoxy) is 1. The molecule has 3 nitrogen and oxygen atoms in total. The van der Waals surface area contributed by atoms with Crippen molar-refractivity contribution in [3.8, 4) is 0 Å². The van der Waals surface area contributed by atoms with Gasteiger partial charge in [-0.05, 0) is 37.1 Å². The minimum absolute atomic E-state index is 0.309. The highest BCUT2D eigenvalue weighted by Crippen LogP contribution is 2.42. The van der Waals surface area contributed by atoms with E-state index in [9.17, 15) is 4.79 Å². The minimum atomic E-state index is -0.309. The first-order valence-electron chi connectivity index (χ1n) is 5.40. The third-order valence-corrected chi connectivity index (χ3v) is 2.94. The van der Waals surface area contributed by atoms with Crippen molar-refractivity contribution >= 4 is 16.9 Å². The number of fused-ring (bicyclic) bond motifs is 1. The van der Waals surface area contributed by atoms with E-state index in [1.807, 2.05) is 18.2 Å². The molecule has 16 heavy (non-hydrogen) atoms. The molecule has 2 aromatic rings. The number of hydrogen-bond donors (Lipinski definition) is 0. The molecule has 0 atom stereocenters. The zero-order chi connectivity index (χ0) is 11.1. The SMILES string of the molecule is COC(=O)c1ccc2oc(C3CC3)cc2c1. The summed E-state index contributed by atoms with van der Waals surface area (Å²) < 4.78 is 10.4. The molecular weight excluding hydrogens is 204 g/mol. The molecule has 0 N–H and O–H groups in total. The van der Waals surface area contributed by atoms with E-state index in [1.165, 1.54) is 20.0 Å². The first kappa shape index (κ1) is 9.46. The van der Waals surface area contributed by atoms with Crippen LogP contribution < -0.4 is 0 Å². The highest BCUT2D eigenvalue weighted by atomic mass is 16.5. The lowest BCUT2D eigenvalue weighted by molar-refractivity contribution is 0.0601. The number of hydrogen-bond acceptors (Lipinski definition) is 3. The van der Waals surface area contributed by atoms with Crippen LogP contribution in [0.1, 0.15) is 34.9 Å². The van der Waals surface area contributed by atoms with E-state index < -0.39 is 0 Å². The standard InChI is InChI=1S/C13H12O3/c1-15-13(14)9-4-5-11-10(6-9)7-12(16-11)8-2-3-8/h4-8H,2-3H2,1H3. The summed E-state index contributed by atoms with van der Waals surface area (Å²) in [5, 5.41) is 0.977. The molecule has 0 saturated heterocycles. The largest absolute Gasteiger partial charge is 0.465 e. The van der Waals surface area contributed by atoms with E-state index in [4.69, 9.17) is 4.42 Å². The molecule has 1 aromatic heterocycles. The maximum absolute atomic E-state index is 11.4. The molecule has 1 aliphatic rings. The normalized spacial score (nSPS) is 15.3. The summed E-state index contributed by atoms with van der Waals surface area (Å²) in [7, 11) is 1.39. The Morgan fingerprint density at radius 2 is 2.19 bits per heavy atom. The fourth-order valence-electron chi connectivity index (χ4n) is 1.88. The Labute approximate surface area is 93.0 Å². The average Bonchev–Trinajstić information content (AvgIpc) is 3.07. The first-order chi connectivity index (χ1) is 7.78. The van der Waals surface area contributed by atoms with Gasteiger partial charge in [0.25, 0.3) is 0 Å². The van der Waals surface area contributed by atoms with Gasteiger partial charge in [-0.1, -0.05) is 0 Å². The summed E-state index contributed by atoms with van der Waals surface area (Å²) in [6.45, 7) is 0. The quantitative estimate of drug-likeness (QED) is 0.724. The second-order valence-corrected chi connectivity index (χ2v) is 4.17. The van der Waals surface area contributed by atoms with Crippen LogP contribution in [0.4, 0.5) is 0 Å². The van der Waals surface area contributed by atoms with Crippen molar-refractivity contribution in [1.82, 2.24) is 0 Å². The predicted octanol–water partition coefficient (Wildman–Crippen LogP) is 3.10. The highest BCUT2D eigenvalue weighted by molar-refractivity contribution is 5.94. The molecule has 3 heteroatoms. The van der Waals surface area contributed by atoms with Gasteiger partial charge in [-0.2, -0.15) is 0 Å². The molecule has 1 saturated carbocycles. The van der Waals surface area contributed by atoms with Crippen LogP contribution in [-0.2, 0) is 4.74 Å². The summed E-state index contributed by atoms with van der Waals surface area (Å²) in [5.41, 5.74) is 1.41. The average molecular weight is 216 g/mol. The fourth-order valence-corrected chi connectivity index (χ4v) is 1.88. The molecule has 82 valence electrons. The van der Waals surface area contributed by atoms with Gasteiger partial charge in [-0.15, -0.1) is 0 Å². The number of carbonyl (C=O) groups is 1. The third-order valence-electron chi connectivity index (χ3n) is 2.94. The number of rotatable bonds is 2. The van der Waals surface area contributed by atoms with E-state index in [1.54, 1.807) is 6.07 Å². The van der Waals surface area contributed by atoms with E-state index in [0.717, 1.165) is 16.7 Å². The molecule has 1 fully saturated rings. The molecule has 1 aliphatic carbocycles. The van der Waals surface area contributed by atoms with Crippen LogP contribution in [0.2, 0.25) is 0 Å². The topological polar surface area (TPSA) is 39.4 Å². The Hall–Kier alpha value is -1.77. The van der Waals surface area contributed by atoms with Gasteiger partial charge in [0.1, 0.15) is 11.3 Å². The fraction of sp³-hybridized carbons (Fsp3) is 0.308. The number of carbonyl (C=O) groups excluding carboxylic acids is 1. The molecule has 0 unspecified atom stereocenters. The van der Waals surface area contributed by atoms with Gasteiger partial charge in [0.2, 0.25) is 0 Å². The maximum atomic E-state index is 11.4. The van der Waals surface area contributed by atoms with Crippen molar-refractivity contribution in [2.24, 2.45) is 0 Å². The van der Waals surface area contributed by atoms with E-state index in [0.29, 0.717) is 11.5 Å². The summed E-state index contributed by atoms with van der Waals surface area (Å²) in [4.78, 5) is 11.4. The zero-order valence-electron chi connectivity index (χ0n) is 9.03. The Morgan fingerprint density at radius 1 is 1.38 bits per heavy atom. The molecule has 0 aliphatic heterocycles. The van der Waals surface area contributed by atoms with Crippen LogP contribution in [0.15, 0.2) is 28.7 Å². The molecule has 1 heterocycles. The lowest BCUT2D eigenvalue weighted by Gasteiger charge is -1.97. The summed E-state index contributed by atoms with van der Waals surface area (Å²) in [5.74, 6) is 1.32. The monoisotopic (exact) mass is 216 g/mol. The minimum Gasteiger partial charge on any atom is -0.465 e. The van der Waals surface area contributed by atoms with Crippen LogP contribution in [-0.4, -0.2) is 13.1 Å². The van der Waals surface area contributed by atoms with Crippen molar-refractivity contribution in [2.45, 2.75) is 18.8 Å². The smallest absolute Gasteiger partial charge is 0.337 e. The zero-order valence-corrected chi connectivity index (χ0v) is 9.03. The van der Waals surface area contributed by atoms with Gasteiger partial charge < -0.3 is 9.15 Å². The van der Waals surface area contributed by atoms with E-state index in [-0.39, 0.29) is 5.97 Å². The van der Waals surface area contributed by atoms with Crippen molar-refractivity contribution in [3.05, 3.63) is 35.6 Å². The maximum Gasteiger partial charge on any atom is 0.337 e. The van der Waals surface area contributed by atoms with Crippen molar-refractivity contribution in [2.75, 3.05) is 7.11 Å². The van der Waals surface area contributed by atoms with Crippen LogP contribution >= 0.6 is 0 Å². The van der Waals surface area contributed by atoms with E-state index in [2.05, 4.69) is 4.74 Å². The molecule has 0 spiro atoms. The summed E-state index contributed by atoms with van der Waals surface area (Å²) >= 11 is 0. The molecule has 0 amide bonds. The lowest BCUT2D eigenvalue weighted by atomic mass is 10.1. The lowest BCUT2D eigenvalue weighted by Crippen LogP contribution is -1.99. The Kier molecular flexibility index (Phi) is 1.99. The van der Waals surface area contributed by atoms with Crippen LogP contribution in [0, 0.1) is 0 Å². The van der Waals surface area contributed by atoms with Gasteiger partial charge in [0, 0.05) is 11.3 Å². The Bertz CT molecular complexity index is 549. The van der Waals surface area contributed by atoms with Crippen molar-refractivity contribution in [1.29, 1.82) is 0 Å². The molecular formula is C13H12O3. The molecule has 0 bridgehead atoms. The second-order valence-electron chi connectivity index (χ2n) is 4.17. The highest BCUT2D eigenvalue weighted by Gasteiger charge is 2.27. The number of furan rings is 1. The van der Waals surface area contributed by atoms with Crippen molar-refractivity contribution in [3.63, 3.8) is 0 Å². The number of methoxy groups -OCH3 is 1. The Balaban J connectivity index is 2.06. The molecule has 1 aromatic carbocycles. The number of esters is 1. The van der Waals surface area contributed by atoms with Gasteiger partial charge in [-0.3, -0.25) is 0 Å². The van der Waals surface area contributed by atoms with Gasteiger partial charge in [0.05, 0.1) is 12.7 Å². The van der Waals surface area contributed by atoms with Crippen molar-refractivity contribution < 1.29 is 13.9 Å². The third kappa shape index (κ3) is 1.48. The van der Waals surface area contributed by atoms with Crippen LogP contribution in [0.25, 0.3) is 11.0 Å². The first-order valence-corrected chi connectivity index (χ1v) is 5.40. The van der Waals surface area contributed by atoms with Gasteiger partial charge in [0.15, 0.2) is 0 Å². The molecule has 3 rings (SSSR count). The van der Waals surface area contributed by atoms with Gasteiger partial charge >= 0.3 is 5.97 Å². The number of benzene rings is 1. The van der Waals surface area contributed by atoms with Gasteiger partial charge in [-0.25, -0.2) is 4.79 Å². The summed E-state index contributed by atoms with van der Waals surface area (Å²) in [6.07, 6.45) is 2.42. The second kappa shape index (κ2) is 3.37. The molecule has 0 radical (unpaired) electrons. The van der Waals surface area contributed by atoms with Crippen LogP contribution in [0.3, 0.4) is 0 Å².